The van der Waals surface area contributed by atoms with Crippen molar-refractivity contribution < 1.29 is 13.3 Å². The molecule has 0 spiro atoms. The average molecular weight is 361 g/mol. The number of nitro groups is 1. The first-order valence-electron chi connectivity index (χ1n) is 7.49. The Balaban J connectivity index is 2.27. The molecule has 1 N–H and O–H groups in total. The zero-order chi connectivity index (χ0) is 18.8. The summed E-state index contributed by atoms with van der Waals surface area (Å²) < 4.78 is 24.5. The van der Waals surface area contributed by atoms with Crippen LogP contribution in [0.1, 0.15) is 27.8 Å². The highest BCUT2D eigenvalue weighted by molar-refractivity contribution is 7.89. The van der Waals surface area contributed by atoms with E-state index in [-0.39, 0.29) is 10.6 Å². The molecule has 2 aromatic rings. The first-order chi connectivity index (χ1) is 11.6. The van der Waals surface area contributed by atoms with Crippen molar-refractivity contribution in [3.63, 3.8) is 0 Å². The van der Waals surface area contributed by atoms with Gasteiger partial charge in [0.25, 0.3) is 15.7 Å². The summed E-state index contributed by atoms with van der Waals surface area (Å²) in [6.45, 7) is 7.41. The third-order valence-electron chi connectivity index (χ3n) is 3.95. The van der Waals surface area contributed by atoms with Gasteiger partial charge in [-0.3, -0.25) is 10.1 Å². The molecule has 132 valence electrons. The number of hydrogen-bond acceptors (Lipinski definition) is 5. The van der Waals surface area contributed by atoms with Gasteiger partial charge in [0, 0.05) is 11.6 Å². The first-order valence-corrected chi connectivity index (χ1v) is 8.98. The molecular weight excluding hydrogens is 342 g/mol. The van der Waals surface area contributed by atoms with Crippen LogP contribution in [0.3, 0.4) is 0 Å². The van der Waals surface area contributed by atoms with Crippen LogP contribution >= 0.6 is 0 Å². The Labute approximate surface area is 146 Å². The topological polar surface area (TPSA) is 102 Å². The third kappa shape index (κ3) is 4.21. The molecule has 0 saturated carbocycles. The summed E-state index contributed by atoms with van der Waals surface area (Å²) in [5, 5.41) is 14.7. The minimum Gasteiger partial charge on any atom is -0.258 e. The number of benzene rings is 2. The van der Waals surface area contributed by atoms with E-state index < -0.39 is 14.9 Å². The Kier molecular flexibility index (Phi) is 5.22. The third-order valence-corrected chi connectivity index (χ3v) is 5.17. The maximum absolute atomic E-state index is 12.3. The van der Waals surface area contributed by atoms with Crippen molar-refractivity contribution in [2.24, 2.45) is 5.10 Å². The quantitative estimate of drug-likeness (QED) is 0.502. The molecule has 0 bridgehead atoms. The highest BCUT2D eigenvalue weighted by Crippen LogP contribution is 2.22. The molecule has 8 heteroatoms. The van der Waals surface area contributed by atoms with E-state index in [9.17, 15) is 18.5 Å². The molecule has 0 aliphatic carbocycles. The van der Waals surface area contributed by atoms with E-state index in [1.54, 1.807) is 6.92 Å². The van der Waals surface area contributed by atoms with Crippen molar-refractivity contribution in [3.05, 3.63) is 68.3 Å². The fourth-order valence-electron chi connectivity index (χ4n) is 2.29. The molecule has 0 aromatic heterocycles. The van der Waals surface area contributed by atoms with Crippen LogP contribution in [0, 0.1) is 37.8 Å². The summed E-state index contributed by atoms with van der Waals surface area (Å²) in [4.78, 5) is 12.2. The van der Waals surface area contributed by atoms with Gasteiger partial charge in [-0.05, 0) is 62.1 Å². The summed E-state index contributed by atoms with van der Waals surface area (Å²) in [7, 11) is -3.99. The van der Waals surface area contributed by atoms with E-state index in [4.69, 9.17) is 0 Å². The van der Waals surface area contributed by atoms with Gasteiger partial charge in [0.15, 0.2) is 0 Å². The molecule has 7 nitrogen and oxygen atoms in total. The van der Waals surface area contributed by atoms with Crippen molar-refractivity contribution in [1.82, 2.24) is 4.83 Å². The zero-order valence-electron chi connectivity index (χ0n) is 14.4. The molecule has 0 aliphatic heterocycles. The summed E-state index contributed by atoms with van der Waals surface area (Å²) >= 11 is 0. The van der Waals surface area contributed by atoms with Gasteiger partial charge in [-0.1, -0.05) is 12.1 Å². The number of nitrogens with one attached hydrogen (secondary N) is 1. The normalized spacial score (nSPS) is 11.7. The van der Waals surface area contributed by atoms with E-state index in [0.29, 0.717) is 5.56 Å². The lowest BCUT2D eigenvalue weighted by Gasteiger charge is -2.07. The maximum atomic E-state index is 12.3. The van der Waals surface area contributed by atoms with Gasteiger partial charge in [-0.2, -0.15) is 13.5 Å². The minimum absolute atomic E-state index is 0.209. The number of nitro benzene ring substituents is 1. The van der Waals surface area contributed by atoms with Crippen LogP contribution in [0.15, 0.2) is 40.3 Å². The summed E-state index contributed by atoms with van der Waals surface area (Å²) in [5.41, 5.74) is 4.11. The number of aryl methyl sites for hydroxylation is 4. The SMILES string of the molecule is Cc1cc(C)c(/C=N\NS(=O)(=O)c2ccc(C)c([N+](=O)[O-])c2)cc1C. The Morgan fingerprint density at radius 1 is 1.00 bits per heavy atom. The Morgan fingerprint density at radius 2 is 1.64 bits per heavy atom. The molecule has 0 aliphatic rings. The summed E-state index contributed by atoms with van der Waals surface area (Å²) in [6.07, 6.45) is 1.42. The van der Waals surface area contributed by atoms with Crippen LogP contribution in [-0.4, -0.2) is 19.6 Å². The number of rotatable bonds is 5. The Bertz CT molecular complexity index is 966. The van der Waals surface area contributed by atoms with E-state index in [2.05, 4.69) is 9.93 Å². The van der Waals surface area contributed by atoms with Gasteiger partial charge in [0.1, 0.15) is 0 Å². The number of hydrogen-bond donors (Lipinski definition) is 1. The van der Waals surface area contributed by atoms with E-state index in [1.807, 2.05) is 32.9 Å². The predicted octanol–water partition coefficient (Wildman–Crippen LogP) is 3.14. The molecule has 2 rings (SSSR count). The lowest BCUT2D eigenvalue weighted by Crippen LogP contribution is -2.18. The molecule has 0 fully saturated rings. The Morgan fingerprint density at radius 3 is 2.28 bits per heavy atom. The van der Waals surface area contributed by atoms with E-state index in [1.165, 1.54) is 18.3 Å². The fourth-order valence-corrected chi connectivity index (χ4v) is 3.10. The van der Waals surface area contributed by atoms with Gasteiger partial charge >= 0.3 is 0 Å². The highest BCUT2D eigenvalue weighted by atomic mass is 32.2. The molecule has 0 saturated heterocycles. The first kappa shape index (κ1) is 18.6. The van der Waals surface area contributed by atoms with Crippen molar-refractivity contribution in [3.8, 4) is 0 Å². The van der Waals surface area contributed by atoms with Crippen molar-refractivity contribution in [2.45, 2.75) is 32.6 Å². The van der Waals surface area contributed by atoms with E-state index in [0.717, 1.165) is 28.3 Å². The number of nitrogens with zero attached hydrogens (tertiary/aromatic N) is 2. The lowest BCUT2D eigenvalue weighted by atomic mass is 10.0. The van der Waals surface area contributed by atoms with Crippen molar-refractivity contribution in [2.75, 3.05) is 0 Å². The van der Waals surface area contributed by atoms with Crippen LogP contribution in [0.2, 0.25) is 0 Å². The second-order valence-corrected chi connectivity index (χ2v) is 7.51. The monoisotopic (exact) mass is 361 g/mol. The number of sulfonamides is 1. The summed E-state index contributed by atoms with van der Waals surface area (Å²) in [6, 6.07) is 7.63. The van der Waals surface area contributed by atoms with Crippen LogP contribution < -0.4 is 4.83 Å². The van der Waals surface area contributed by atoms with Crippen molar-refractivity contribution in [1.29, 1.82) is 0 Å². The number of hydrazone groups is 1. The van der Waals surface area contributed by atoms with Crippen LogP contribution in [-0.2, 0) is 10.0 Å². The standard InChI is InChI=1S/C17H19N3O4S/c1-11-5-6-16(9-17(11)20(21)22)25(23,24)19-18-10-15-8-13(3)12(2)7-14(15)4/h5-10,19H,1-4H3/b18-10-. The van der Waals surface area contributed by atoms with Gasteiger partial charge in [0.05, 0.1) is 16.0 Å². The molecule has 0 unspecified atom stereocenters. The zero-order valence-corrected chi connectivity index (χ0v) is 15.2. The van der Waals surface area contributed by atoms with Crippen LogP contribution in [0.5, 0.6) is 0 Å². The fraction of sp³-hybridized carbons (Fsp3) is 0.235. The van der Waals surface area contributed by atoms with Gasteiger partial charge in [-0.25, -0.2) is 4.83 Å². The second-order valence-electron chi connectivity index (χ2n) is 5.85. The molecule has 2 aromatic carbocycles. The second kappa shape index (κ2) is 7.02. The van der Waals surface area contributed by atoms with E-state index >= 15 is 0 Å². The molecule has 25 heavy (non-hydrogen) atoms. The highest BCUT2D eigenvalue weighted by Gasteiger charge is 2.19. The Hall–Kier alpha value is -2.74. The molecule has 0 amide bonds. The largest absolute Gasteiger partial charge is 0.276 e. The van der Waals surface area contributed by atoms with Gasteiger partial charge < -0.3 is 0 Å². The van der Waals surface area contributed by atoms with Crippen LogP contribution in [0.4, 0.5) is 5.69 Å². The smallest absolute Gasteiger partial charge is 0.258 e. The summed E-state index contributed by atoms with van der Waals surface area (Å²) in [5.74, 6) is 0. The molecular formula is C17H19N3O4S. The average Bonchev–Trinajstić information content (AvgIpc) is 2.52. The maximum Gasteiger partial charge on any atom is 0.276 e. The molecule has 0 atom stereocenters. The minimum atomic E-state index is -3.99. The molecule has 0 heterocycles. The van der Waals surface area contributed by atoms with Gasteiger partial charge in [0.2, 0.25) is 0 Å². The molecule has 0 radical (unpaired) electrons. The van der Waals surface area contributed by atoms with Crippen LogP contribution in [0.25, 0.3) is 0 Å². The lowest BCUT2D eigenvalue weighted by molar-refractivity contribution is -0.385. The van der Waals surface area contributed by atoms with Gasteiger partial charge in [-0.15, -0.1) is 0 Å². The van der Waals surface area contributed by atoms with Crippen molar-refractivity contribution >= 4 is 21.9 Å². The predicted molar refractivity (Wildman–Crippen MR) is 96.4 cm³/mol.